The van der Waals surface area contributed by atoms with Crippen LogP contribution in [0.1, 0.15) is 31.4 Å². The molecule has 0 radical (unpaired) electrons. The first-order valence-electron chi connectivity index (χ1n) is 7.56. The van der Waals surface area contributed by atoms with Gasteiger partial charge in [0.05, 0.1) is 11.8 Å². The highest BCUT2D eigenvalue weighted by Gasteiger charge is 2.24. The van der Waals surface area contributed by atoms with E-state index in [4.69, 9.17) is 4.98 Å². The standard InChI is InChI=1S/C16H22N2OS2/c1-18(8-12-4-2-3-5-15(12)19)9-14-11-21-16(17-14)13-6-7-20-10-13/h6-7,10-12,15,19H,2-5,8-9H2,1H3. The molecule has 0 aromatic carbocycles. The Labute approximate surface area is 134 Å². The number of aliphatic hydroxyl groups is 1. The minimum absolute atomic E-state index is 0.113. The number of hydrogen-bond donors (Lipinski definition) is 1. The number of thiophene rings is 1. The Morgan fingerprint density at radius 1 is 1.33 bits per heavy atom. The predicted molar refractivity (Wildman–Crippen MR) is 89.7 cm³/mol. The maximum absolute atomic E-state index is 10.1. The van der Waals surface area contributed by atoms with Gasteiger partial charge in [0.2, 0.25) is 0 Å². The van der Waals surface area contributed by atoms with Gasteiger partial charge in [-0.2, -0.15) is 11.3 Å². The number of aliphatic hydroxyl groups excluding tert-OH is 1. The van der Waals surface area contributed by atoms with Crippen molar-refractivity contribution in [2.45, 2.75) is 38.3 Å². The fourth-order valence-electron chi connectivity index (χ4n) is 3.04. The molecule has 2 aromatic rings. The molecule has 21 heavy (non-hydrogen) atoms. The van der Waals surface area contributed by atoms with Crippen molar-refractivity contribution in [1.29, 1.82) is 0 Å². The van der Waals surface area contributed by atoms with E-state index in [0.717, 1.165) is 36.6 Å². The summed E-state index contributed by atoms with van der Waals surface area (Å²) in [6.45, 7) is 1.83. The number of thiazole rings is 1. The van der Waals surface area contributed by atoms with Crippen LogP contribution in [0.25, 0.3) is 10.6 Å². The van der Waals surface area contributed by atoms with Crippen molar-refractivity contribution in [1.82, 2.24) is 9.88 Å². The Bertz CT molecular complexity index is 552. The number of nitrogens with zero attached hydrogens (tertiary/aromatic N) is 2. The van der Waals surface area contributed by atoms with E-state index in [1.54, 1.807) is 22.7 Å². The minimum atomic E-state index is -0.113. The maximum atomic E-state index is 10.1. The van der Waals surface area contributed by atoms with Crippen molar-refractivity contribution in [2.24, 2.45) is 5.92 Å². The lowest BCUT2D eigenvalue weighted by Gasteiger charge is -2.30. The molecule has 2 unspecified atom stereocenters. The van der Waals surface area contributed by atoms with Crippen LogP contribution < -0.4 is 0 Å². The zero-order chi connectivity index (χ0) is 14.7. The summed E-state index contributed by atoms with van der Waals surface area (Å²) in [5.74, 6) is 0.429. The van der Waals surface area contributed by atoms with E-state index in [2.05, 4.69) is 34.2 Å². The smallest absolute Gasteiger partial charge is 0.124 e. The Morgan fingerprint density at radius 3 is 2.95 bits per heavy atom. The molecule has 0 amide bonds. The van der Waals surface area contributed by atoms with Crippen LogP contribution in [0, 0.1) is 5.92 Å². The highest BCUT2D eigenvalue weighted by atomic mass is 32.1. The average Bonchev–Trinajstić information content (AvgIpc) is 3.12. The summed E-state index contributed by atoms with van der Waals surface area (Å²) in [5, 5.41) is 17.6. The summed E-state index contributed by atoms with van der Waals surface area (Å²) in [7, 11) is 2.13. The van der Waals surface area contributed by atoms with Crippen LogP contribution in [0.2, 0.25) is 0 Å². The topological polar surface area (TPSA) is 36.4 Å². The van der Waals surface area contributed by atoms with E-state index < -0.39 is 0 Å². The molecule has 0 saturated heterocycles. The van der Waals surface area contributed by atoms with Crippen LogP contribution in [-0.4, -0.2) is 34.7 Å². The molecule has 1 saturated carbocycles. The highest BCUT2D eigenvalue weighted by molar-refractivity contribution is 7.14. The van der Waals surface area contributed by atoms with Crippen molar-refractivity contribution in [3.8, 4) is 10.6 Å². The third-order valence-corrected chi connectivity index (χ3v) is 5.79. The number of hydrogen-bond acceptors (Lipinski definition) is 5. The molecule has 0 spiro atoms. The minimum Gasteiger partial charge on any atom is -0.393 e. The zero-order valence-electron chi connectivity index (χ0n) is 12.4. The Kier molecular flexibility index (Phi) is 5.06. The number of aromatic nitrogens is 1. The van der Waals surface area contributed by atoms with Crippen LogP contribution in [-0.2, 0) is 6.54 Å². The van der Waals surface area contributed by atoms with E-state index in [1.807, 2.05) is 0 Å². The third kappa shape index (κ3) is 3.92. The van der Waals surface area contributed by atoms with Gasteiger partial charge in [-0.1, -0.05) is 12.8 Å². The van der Waals surface area contributed by atoms with Gasteiger partial charge < -0.3 is 10.0 Å². The molecule has 1 aliphatic carbocycles. The molecule has 1 N–H and O–H groups in total. The van der Waals surface area contributed by atoms with Gasteiger partial charge in [-0.15, -0.1) is 11.3 Å². The van der Waals surface area contributed by atoms with E-state index in [1.165, 1.54) is 18.4 Å². The quantitative estimate of drug-likeness (QED) is 0.908. The molecule has 5 heteroatoms. The monoisotopic (exact) mass is 322 g/mol. The van der Waals surface area contributed by atoms with E-state index in [9.17, 15) is 5.11 Å². The first-order valence-corrected chi connectivity index (χ1v) is 9.38. The highest BCUT2D eigenvalue weighted by Crippen LogP contribution is 2.27. The lowest BCUT2D eigenvalue weighted by Crippen LogP contribution is -2.34. The Morgan fingerprint density at radius 2 is 2.19 bits per heavy atom. The van der Waals surface area contributed by atoms with Gasteiger partial charge in [-0.25, -0.2) is 4.98 Å². The molecule has 2 heterocycles. The Balaban J connectivity index is 1.56. The van der Waals surface area contributed by atoms with Crippen LogP contribution >= 0.6 is 22.7 Å². The molecule has 3 nitrogen and oxygen atoms in total. The fourth-order valence-corrected chi connectivity index (χ4v) is 4.56. The molecule has 2 atom stereocenters. The fraction of sp³-hybridized carbons (Fsp3) is 0.562. The zero-order valence-corrected chi connectivity index (χ0v) is 14.0. The second-order valence-electron chi connectivity index (χ2n) is 5.96. The first kappa shape index (κ1) is 15.2. The van der Waals surface area contributed by atoms with Crippen LogP contribution in [0.15, 0.2) is 22.2 Å². The molecule has 0 bridgehead atoms. The Hall–Kier alpha value is -0.750. The summed E-state index contributed by atoms with van der Waals surface area (Å²) in [4.78, 5) is 7.02. The molecule has 3 rings (SSSR count). The van der Waals surface area contributed by atoms with Crippen molar-refractivity contribution in [3.63, 3.8) is 0 Å². The van der Waals surface area contributed by atoms with Gasteiger partial charge in [0.1, 0.15) is 5.01 Å². The second kappa shape index (κ2) is 7.01. The molecular weight excluding hydrogens is 300 g/mol. The molecule has 1 aliphatic rings. The van der Waals surface area contributed by atoms with E-state index in [-0.39, 0.29) is 6.10 Å². The van der Waals surface area contributed by atoms with E-state index >= 15 is 0 Å². The first-order chi connectivity index (χ1) is 10.2. The summed E-state index contributed by atoms with van der Waals surface area (Å²) in [6, 6.07) is 2.12. The van der Waals surface area contributed by atoms with Crippen LogP contribution in [0.5, 0.6) is 0 Å². The predicted octanol–water partition coefficient (Wildman–Crippen LogP) is 3.85. The molecule has 1 fully saturated rings. The van der Waals surface area contributed by atoms with Crippen LogP contribution in [0.3, 0.4) is 0 Å². The van der Waals surface area contributed by atoms with Crippen molar-refractivity contribution < 1.29 is 5.11 Å². The average molecular weight is 322 g/mol. The second-order valence-corrected chi connectivity index (χ2v) is 7.60. The summed E-state index contributed by atoms with van der Waals surface area (Å²) >= 11 is 3.42. The SMILES string of the molecule is CN(Cc1csc(-c2ccsc2)n1)CC1CCCCC1O. The van der Waals surface area contributed by atoms with E-state index in [0.29, 0.717) is 5.92 Å². The number of rotatable bonds is 5. The van der Waals surface area contributed by atoms with Gasteiger partial charge in [-0.05, 0) is 37.3 Å². The van der Waals surface area contributed by atoms with Gasteiger partial charge >= 0.3 is 0 Å². The van der Waals surface area contributed by atoms with Gasteiger partial charge in [-0.3, -0.25) is 0 Å². The van der Waals surface area contributed by atoms with Gasteiger partial charge in [0, 0.05) is 29.4 Å². The third-order valence-electron chi connectivity index (χ3n) is 4.17. The molecular formula is C16H22N2OS2. The lowest BCUT2D eigenvalue weighted by molar-refractivity contribution is 0.0500. The summed E-state index contributed by atoms with van der Waals surface area (Å²) < 4.78 is 0. The van der Waals surface area contributed by atoms with Gasteiger partial charge in [0.25, 0.3) is 0 Å². The van der Waals surface area contributed by atoms with Gasteiger partial charge in [0.15, 0.2) is 0 Å². The largest absolute Gasteiger partial charge is 0.393 e. The van der Waals surface area contributed by atoms with Crippen molar-refractivity contribution >= 4 is 22.7 Å². The molecule has 0 aliphatic heterocycles. The lowest BCUT2D eigenvalue weighted by atomic mass is 9.86. The van der Waals surface area contributed by atoms with Crippen molar-refractivity contribution in [2.75, 3.05) is 13.6 Å². The summed E-state index contributed by atoms with van der Waals surface area (Å²) in [5.41, 5.74) is 2.36. The maximum Gasteiger partial charge on any atom is 0.124 e. The van der Waals surface area contributed by atoms with Crippen molar-refractivity contribution in [3.05, 3.63) is 27.9 Å². The van der Waals surface area contributed by atoms with Crippen LogP contribution in [0.4, 0.5) is 0 Å². The normalized spacial score (nSPS) is 22.8. The molecule has 2 aromatic heterocycles. The summed E-state index contributed by atoms with van der Waals surface area (Å²) in [6.07, 6.45) is 4.45. The molecule has 114 valence electrons.